The van der Waals surface area contributed by atoms with E-state index in [4.69, 9.17) is 4.74 Å². The van der Waals surface area contributed by atoms with E-state index >= 15 is 0 Å². The summed E-state index contributed by atoms with van der Waals surface area (Å²) in [6, 6.07) is 17.7. The van der Waals surface area contributed by atoms with Crippen molar-refractivity contribution in [3.8, 4) is 5.75 Å². The third-order valence-corrected chi connectivity index (χ3v) is 7.33. The number of hydrogen-bond donors (Lipinski definition) is 1. The van der Waals surface area contributed by atoms with Gasteiger partial charge < -0.3 is 15.0 Å². The number of hydrogen-bond acceptors (Lipinski definition) is 6. The molecule has 0 radical (unpaired) electrons. The van der Waals surface area contributed by atoms with Crippen LogP contribution in [0.15, 0.2) is 59.8 Å². The summed E-state index contributed by atoms with van der Waals surface area (Å²) in [5, 5.41) is 12.6. The number of ether oxygens (including phenoxy) is 1. The molecule has 1 aliphatic carbocycles. The largest absolute Gasteiger partial charge is 0.497 e. The van der Waals surface area contributed by atoms with Gasteiger partial charge in [0.2, 0.25) is 11.9 Å². The Morgan fingerprint density at radius 2 is 1.76 bits per heavy atom. The SMILES string of the molecule is COc1ccc(NC(=O)C(Sc2nnc(N3CCCCC3)n2C2CC2)c2ccccc2)cc1. The quantitative estimate of drug-likeness (QED) is 0.470. The molecule has 1 aliphatic heterocycles. The Morgan fingerprint density at radius 1 is 1.03 bits per heavy atom. The second kappa shape index (κ2) is 9.87. The monoisotopic (exact) mass is 463 g/mol. The van der Waals surface area contributed by atoms with Crippen molar-refractivity contribution in [2.24, 2.45) is 0 Å². The van der Waals surface area contributed by atoms with E-state index in [1.165, 1.54) is 31.0 Å². The van der Waals surface area contributed by atoms with Gasteiger partial charge in [0.15, 0.2) is 5.16 Å². The first-order valence-corrected chi connectivity index (χ1v) is 12.5. The summed E-state index contributed by atoms with van der Waals surface area (Å²) in [5.74, 6) is 1.63. The van der Waals surface area contributed by atoms with Crippen LogP contribution in [0.1, 0.15) is 49.0 Å². The molecule has 7 nitrogen and oxygen atoms in total. The van der Waals surface area contributed by atoms with Gasteiger partial charge in [-0.1, -0.05) is 42.1 Å². The molecule has 0 bridgehead atoms. The lowest BCUT2D eigenvalue weighted by molar-refractivity contribution is -0.115. The molecule has 2 aliphatic rings. The summed E-state index contributed by atoms with van der Waals surface area (Å²) in [6.07, 6.45) is 5.94. The van der Waals surface area contributed by atoms with Crippen molar-refractivity contribution >= 4 is 29.3 Å². The van der Waals surface area contributed by atoms with Gasteiger partial charge in [-0.2, -0.15) is 0 Å². The molecule has 0 spiro atoms. The molecule has 1 atom stereocenters. The Labute approximate surface area is 198 Å². The second-order valence-electron chi connectivity index (χ2n) is 8.56. The molecule has 1 unspecified atom stereocenters. The summed E-state index contributed by atoms with van der Waals surface area (Å²) in [4.78, 5) is 15.8. The molecule has 1 amide bonds. The number of benzene rings is 2. The number of anilines is 2. The van der Waals surface area contributed by atoms with E-state index in [-0.39, 0.29) is 5.91 Å². The van der Waals surface area contributed by atoms with E-state index in [9.17, 15) is 4.79 Å². The van der Waals surface area contributed by atoms with Crippen molar-refractivity contribution in [2.75, 3.05) is 30.4 Å². The predicted octanol–water partition coefficient (Wildman–Crippen LogP) is 5.08. The number of nitrogens with one attached hydrogen (secondary N) is 1. The Kier molecular flexibility index (Phi) is 6.53. The van der Waals surface area contributed by atoms with E-state index in [0.29, 0.717) is 6.04 Å². The predicted molar refractivity (Wildman–Crippen MR) is 131 cm³/mol. The maximum Gasteiger partial charge on any atom is 0.242 e. The van der Waals surface area contributed by atoms with E-state index in [1.54, 1.807) is 7.11 Å². The van der Waals surface area contributed by atoms with Crippen molar-refractivity contribution in [1.29, 1.82) is 0 Å². The molecule has 5 rings (SSSR count). The Balaban J connectivity index is 1.42. The molecule has 2 fully saturated rings. The first-order chi connectivity index (χ1) is 16.2. The third-order valence-electron chi connectivity index (χ3n) is 6.12. The number of carbonyl (C=O) groups is 1. The van der Waals surface area contributed by atoms with Crippen LogP contribution >= 0.6 is 11.8 Å². The minimum absolute atomic E-state index is 0.0822. The maximum atomic E-state index is 13.4. The van der Waals surface area contributed by atoms with E-state index in [0.717, 1.165) is 54.0 Å². The zero-order chi connectivity index (χ0) is 22.6. The highest BCUT2D eigenvalue weighted by Crippen LogP contribution is 2.44. The normalized spacial score (nSPS) is 16.9. The number of rotatable bonds is 8. The highest BCUT2D eigenvalue weighted by Gasteiger charge is 2.34. The molecule has 1 aromatic heterocycles. The third kappa shape index (κ3) is 5.00. The van der Waals surface area contributed by atoms with Gasteiger partial charge in [0.1, 0.15) is 11.0 Å². The molecule has 1 N–H and O–H groups in total. The van der Waals surface area contributed by atoms with Crippen LogP contribution in [-0.2, 0) is 4.79 Å². The first-order valence-electron chi connectivity index (χ1n) is 11.6. The van der Waals surface area contributed by atoms with Crippen molar-refractivity contribution in [3.05, 3.63) is 60.2 Å². The van der Waals surface area contributed by atoms with Crippen LogP contribution < -0.4 is 15.0 Å². The van der Waals surface area contributed by atoms with Crippen molar-refractivity contribution in [2.45, 2.75) is 48.6 Å². The summed E-state index contributed by atoms with van der Waals surface area (Å²) in [7, 11) is 1.63. The molecular weight excluding hydrogens is 434 g/mol. The smallest absolute Gasteiger partial charge is 0.242 e. The lowest BCUT2D eigenvalue weighted by atomic mass is 10.1. The Morgan fingerprint density at radius 3 is 2.42 bits per heavy atom. The number of aromatic nitrogens is 3. The zero-order valence-corrected chi connectivity index (χ0v) is 19.6. The molecule has 172 valence electrons. The van der Waals surface area contributed by atoms with Gasteiger partial charge in [-0.05, 0) is 61.9 Å². The Bertz CT molecular complexity index is 1080. The highest BCUT2D eigenvalue weighted by molar-refractivity contribution is 8.00. The minimum Gasteiger partial charge on any atom is -0.497 e. The first kappa shape index (κ1) is 21.8. The molecule has 33 heavy (non-hydrogen) atoms. The van der Waals surface area contributed by atoms with Gasteiger partial charge in [0.05, 0.1) is 7.11 Å². The number of nitrogens with zero attached hydrogens (tertiary/aromatic N) is 4. The fourth-order valence-electron chi connectivity index (χ4n) is 4.20. The fourth-order valence-corrected chi connectivity index (χ4v) is 5.30. The summed E-state index contributed by atoms with van der Waals surface area (Å²) < 4.78 is 7.50. The number of methoxy groups -OCH3 is 1. The van der Waals surface area contributed by atoms with Gasteiger partial charge in [-0.25, -0.2) is 0 Å². The molecule has 2 heterocycles. The molecule has 3 aromatic rings. The van der Waals surface area contributed by atoms with E-state index in [1.807, 2.05) is 54.6 Å². The van der Waals surface area contributed by atoms with E-state index < -0.39 is 5.25 Å². The van der Waals surface area contributed by atoms with Crippen LogP contribution in [0, 0.1) is 0 Å². The van der Waals surface area contributed by atoms with Crippen molar-refractivity contribution < 1.29 is 9.53 Å². The summed E-state index contributed by atoms with van der Waals surface area (Å²) in [5.41, 5.74) is 1.68. The lowest BCUT2D eigenvalue weighted by Crippen LogP contribution is -2.32. The zero-order valence-electron chi connectivity index (χ0n) is 18.8. The van der Waals surface area contributed by atoms with Gasteiger partial charge in [-0.3, -0.25) is 9.36 Å². The molecular formula is C25H29N5O2S. The van der Waals surface area contributed by atoms with Gasteiger partial charge in [-0.15, -0.1) is 10.2 Å². The van der Waals surface area contributed by atoms with Crippen LogP contribution in [0.2, 0.25) is 0 Å². The Hall–Kier alpha value is -3.00. The maximum absolute atomic E-state index is 13.4. The van der Waals surface area contributed by atoms with Gasteiger partial charge in [0.25, 0.3) is 0 Å². The topological polar surface area (TPSA) is 72.3 Å². The van der Waals surface area contributed by atoms with Crippen LogP contribution in [0.25, 0.3) is 0 Å². The van der Waals surface area contributed by atoms with Crippen molar-refractivity contribution in [3.63, 3.8) is 0 Å². The van der Waals surface area contributed by atoms with Crippen LogP contribution in [-0.4, -0.2) is 40.9 Å². The minimum atomic E-state index is -0.441. The van der Waals surface area contributed by atoms with Crippen LogP contribution in [0.5, 0.6) is 5.75 Å². The average Bonchev–Trinajstić information content (AvgIpc) is 3.63. The number of carbonyl (C=O) groups excluding carboxylic acids is 1. The lowest BCUT2D eigenvalue weighted by Gasteiger charge is -2.28. The fraction of sp³-hybridized carbons (Fsp3) is 0.400. The highest BCUT2D eigenvalue weighted by atomic mass is 32.2. The standard InChI is InChI=1S/C25H29N5O2S/c1-32-21-14-10-19(11-15-21)26-23(31)22(18-8-4-2-5-9-18)33-25-28-27-24(30(25)20-12-13-20)29-16-6-3-7-17-29/h2,4-5,8-11,14-15,20,22H,3,6-7,12-13,16-17H2,1H3,(H,26,31). The molecule has 2 aromatic carbocycles. The molecule has 8 heteroatoms. The number of amides is 1. The molecule has 1 saturated heterocycles. The van der Waals surface area contributed by atoms with Crippen LogP contribution in [0.3, 0.4) is 0 Å². The molecule has 1 saturated carbocycles. The number of piperidine rings is 1. The van der Waals surface area contributed by atoms with Crippen molar-refractivity contribution in [1.82, 2.24) is 14.8 Å². The number of thioether (sulfide) groups is 1. The van der Waals surface area contributed by atoms with Gasteiger partial charge in [0, 0.05) is 24.8 Å². The summed E-state index contributed by atoms with van der Waals surface area (Å²) >= 11 is 1.48. The van der Waals surface area contributed by atoms with E-state index in [2.05, 4.69) is 25.0 Å². The van der Waals surface area contributed by atoms with Gasteiger partial charge >= 0.3 is 0 Å². The summed E-state index contributed by atoms with van der Waals surface area (Å²) in [6.45, 7) is 2.05. The van der Waals surface area contributed by atoms with Crippen LogP contribution in [0.4, 0.5) is 11.6 Å². The average molecular weight is 464 g/mol. The second-order valence-corrected chi connectivity index (χ2v) is 9.63.